The largest absolute Gasteiger partial charge is 0.371 e. The van der Waals surface area contributed by atoms with Gasteiger partial charge in [0.25, 0.3) is 5.69 Å². The summed E-state index contributed by atoms with van der Waals surface area (Å²) in [5, 5.41) is 10.9. The fourth-order valence-electron chi connectivity index (χ4n) is 2.55. The third-order valence-corrected chi connectivity index (χ3v) is 4.39. The number of alkyl halides is 1. The Morgan fingerprint density at radius 2 is 2.16 bits per heavy atom. The number of nitro groups is 1. The maximum absolute atomic E-state index is 10.9. The van der Waals surface area contributed by atoms with Gasteiger partial charge in [-0.15, -0.1) is 11.6 Å². The molecule has 0 amide bonds. The second-order valence-electron chi connectivity index (χ2n) is 5.39. The van der Waals surface area contributed by atoms with Gasteiger partial charge in [0.1, 0.15) is 0 Å². The molecule has 2 rings (SSSR count). The average molecular weight is 283 g/mol. The Hall–Kier alpha value is -1.29. The van der Waals surface area contributed by atoms with E-state index in [4.69, 9.17) is 11.6 Å². The highest BCUT2D eigenvalue weighted by Crippen LogP contribution is 2.30. The van der Waals surface area contributed by atoms with Crippen LogP contribution in [0.1, 0.15) is 25.8 Å². The van der Waals surface area contributed by atoms with E-state index in [1.54, 1.807) is 6.07 Å². The maximum Gasteiger partial charge on any atom is 0.273 e. The Kier molecular flexibility index (Phi) is 4.30. The van der Waals surface area contributed by atoms with Gasteiger partial charge >= 0.3 is 0 Å². The Balaban J connectivity index is 2.24. The van der Waals surface area contributed by atoms with Crippen molar-refractivity contribution in [2.45, 2.75) is 26.1 Å². The summed E-state index contributed by atoms with van der Waals surface area (Å²) >= 11 is 5.82. The molecule has 1 aromatic carbocycles. The molecule has 2 unspecified atom stereocenters. The fraction of sp³-hybridized carbons (Fsp3) is 0.571. The number of piperidine rings is 1. The van der Waals surface area contributed by atoms with Gasteiger partial charge in [-0.05, 0) is 30.4 Å². The molecule has 1 aromatic rings. The third kappa shape index (κ3) is 3.00. The number of anilines is 1. The molecule has 4 nitrogen and oxygen atoms in total. The van der Waals surface area contributed by atoms with E-state index in [0.29, 0.717) is 11.5 Å². The molecule has 0 spiro atoms. The number of benzene rings is 1. The van der Waals surface area contributed by atoms with Gasteiger partial charge in [-0.3, -0.25) is 10.1 Å². The zero-order valence-electron chi connectivity index (χ0n) is 11.3. The summed E-state index contributed by atoms with van der Waals surface area (Å²) in [5.41, 5.74) is 1.74. The van der Waals surface area contributed by atoms with Crippen molar-refractivity contribution in [1.29, 1.82) is 0 Å². The lowest BCUT2D eigenvalue weighted by atomic mass is 9.88. The zero-order valence-corrected chi connectivity index (χ0v) is 12.1. The van der Waals surface area contributed by atoms with Crippen molar-refractivity contribution in [1.82, 2.24) is 0 Å². The van der Waals surface area contributed by atoms with Crippen LogP contribution in [-0.2, 0) is 5.88 Å². The van der Waals surface area contributed by atoms with Gasteiger partial charge in [0, 0.05) is 30.4 Å². The highest BCUT2D eigenvalue weighted by Gasteiger charge is 2.24. The molecular formula is C14H19ClN2O2. The molecule has 0 radical (unpaired) electrons. The minimum Gasteiger partial charge on any atom is -0.371 e. The summed E-state index contributed by atoms with van der Waals surface area (Å²) in [5.74, 6) is 1.55. The first-order valence-corrected chi connectivity index (χ1v) is 7.14. The lowest BCUT2D eigenvalue weighted by Crippen LogP contribution is -2.38. The number of rotatable bonds is 3. The molecule has 0 bridgehead atoms. The zero-order chi connectivity index (χ0) is 14.0. The molecule has 0 aliphatic carbocycles. The maximum atomic E-state index is 10.9. The minimum absolute atomic E-state index is 0.108. The van der Waals surface area contributed by atoms with Crippen LogP contribution in [0.2, 0.25) is 0 Å². The first-order chi connectivity index (χ1) is 9.02. The van der Waals surface area contributed by atoms with Crippen LogP contribution >= 0.6 is 11.6 Å². The van der Waals surface area contributed by atoms with Crippen LogP contribution < -0.4 is 4.90 Å². The van der Waals surface area contributed by atoms with Crippen LogP contribution in [0.4, 0.5) is 11.4 Å². The van der Waals surface area contributed by atoms with Crippen LogP contribution in [0.5, 0.6) is 0 Å². The summed E-state index contributed by atoms with van der Waals surface area (Å²) < 4.78 is 0. The van der Waals surface area contributed by atoms with Crippen LogP contribution in [0.3, 0.4) is 0 Å². The van der Waals surface area contributed by atoms with Gasteiger partial charge in [0.15, 0.2) is 0 Å². The Labute approximate surface area is 118 Å². The SMILES string of the molecule is CC1CCN(c2ccc([N+](=O)[O-])c(CCl)c2)CC1C. The molecule has 2 atom stereocenters. The standard InChI is InChI=1S/C14H19ClN2O2/c1-10-5-6-16(9-11(10)2)13-3-4-14(17(18)19)12(7-13)8-15/h3-4,7,10-11H,5-6,8-9H2,1-2H3. The molecule has 104 valence electrons. The number of halogens is 1. The van der Waals surface area contributed by atoms with Crippen LogP contribution in [0.25, 0.3) is 0 Å². The molecule has 0 aromatic heterocycles. The van der Waals surface area contributed by atoms with E-state index in [1.807, 2.05) is 12.1 Å². The molecular weight excluding hydrogens is 264 g/mol. The number of hydrogen-bond donors (Lipinski definition) is 0. The van der Waals surface area contributed by atoms with Gasteiger partial charge in [-0.25, -0.2) is 0 Å². The lowest BCUT2D eigenvalue weighted by molar-refractivity contribution is -0.385. The Morgan fingerprint density at radius 3 is 2.74 bits per heavy atom. The fourth-order valence-corrected chi connectivity index (χ4v) is 2.77. The summed E-state index contributed by atoms with van der Waals surface area (Å²) in [6.07, 6.45) is 1.16. The van der Waals surface area contributed by atoms with Gasteiger partial charge in [-0.2, -0.15) is 0 Å². The van der Waals surface area contributed by atoms with Gasteiger partial charge in [-0.1, -0.05) is 13.8 Å². The van der Waals surface area contributed by atoms with E-state index in [9.17, 15) is 10.1 Å². The van der Waals surface area contributed by atoms with Crippen molar-refractivity contribution >= 4 is 23.0 Å². The minimum atomic E-state index is -0.373. The molecule has 0 N–H and O–H groups in total. The van der Waals surface area contributed by atoms with Gasteiger partial charge < -0.3 is 4.90 Å². The van der Waals surface area contributed by atoms with E-state index in [2.05, 4.69) is 18.7 Å². The van der Waals surface area contributed by atoms with E-state index >= 15 is 0 Å². The monoisotopic (exact) mass is 282 g/mol. The molecule has 0 saturated carbocycles. The van der Waals surface area contributed by atoms with Crippen molar-refractivity contribution in [2.24, 2.45) is 11.8 Å². The second-order valence-corrected chi connectivity index (χ2v) is 5.66. The number of nitro benzene ring substituents is 1. The molecule has 19 heavy (non-hydrogen) atoms. The van der Waals surface area contributed by atoms with E-state index in [-0.39, 0.29) is 16.5 Å². The van der Waals surface area contributed by atoms with Crippen molar-refractivity contribution in [2.75, 3.05) is 18.0 Å². The van der Waals surface area contributed by atoms with Crippen molar-refractivity contribution < 1.29 is 4.92 Å². The quantitative estimate of drug-likeness (QED) is 0.481. The van der Waals surface area contributed by atoms with Crippen molar-refractivity contribution in [3.8, 4) is 0 Å². The van der Waals surface area contributed by atoms with Crippen LogP contribution in [0, 0.1) is 22.0 Å². The summed E-state index contributed by atoms with van der Waals surface area (Å²) in [7, 11) is 0. The predicted octanol–water partition coefficient (Wildman–Crippen LogP) is 3.82. The molecule has 5 heteroatoms. The van der Waals surface area contributed by atoms with Crippen molar-refractivity contribution in [3.05, 3.63) is 33.9 Å². The molecule has 1 aliphatic rings. The van der Waals surface area contributed by atoms with E-state index in [0.717, 1.165) is 31.1 Å². The lowest BCUT2D eigenvalue weighted by Gasteiger charge is -2.37. The highest BCUT2D eigenvalue weighted by atomic mass is 35.5. The molecule has 1 fully saturated rings. The summed E-state index contributed by atoms with van der Waals surface area (Å²) in [6, 6.07) is 5.25. The second kappa shape index (κ2) is 5.78. The molecule has 1 aliphatic heterocycles. The molecule has 1 saturated heterocycles. The number of hydrogen-bond acceptors (Lipinski definition) is 3. The first-order valence-electron chi connectivity index (χ1n) is 6.61. The first kappa shape index (κ1) is 14.1. The van der Waals surface area contributed by atoms with E-state index < -0.39 is 0 Å². The molecule has 1 heterocycles. The van der Waals surface area contributed by atoms with Gasteiger partial charge in [0.2, 0.25) is 0 Å². The third-order valence-electron chi connectivity index (χ3n) is 4.10. The predicted molar refractivity (Wildman–Crippen MR) is 77.8 cm³/mol. The summed E-state index contributed by atoms with van der Waals surface area (Å²) in [6.45, 7) is 6.54. The Bertz CT molecular complexity index is 479. The highest BCUT2D eigenvalue weighted by molar-refractivity contribution is 6.17. The van der Waals surface area contributed by atoms with E-state index in [1.165, 1.54) is 0 Å². The topological polar surface area (TPSA) is 46.4 Å². The van der Waals surface area contributed by atoms with Crippen molar-refractivity contribution in [3.63, 3.8) is 0 Å². The van der Waals surface area contributed by atoms with Gasteiger partial charge in [0.05, 0.1) is 10.8 Å². The Morgan fingerprint density at radius 1 is 1.42 bits per heavy atom. The summed E-state index contributed by atoms with van der Waals surface area (Å²) in [4.78, 5) is 12.8. The van der Waals surface area contributed by atoms with Crippen LogP contribution in [-0.4, -0.2) is 18.0 Å². The van der Waals surface area contributed by atoms with Crippen LogP contribution in [0.15, 0.2) is 18.2 Å². The normalized spacial score (nSPS) is 23.4. The smallest absolute Gasteiger partial charge is 0.273 e. The average Bonchev–Trinajstić information content (AvgIpc) is 2.41. The number of nitrogens with zero attached hydrogens (tertiary/aromatic N) is 2.